The Hall–Kier alpha value is -0.0200. The lowest BCUT2D eigenvalue weighted by atomic mass is 9.94. The van der Waals surface area contributed by atoms with E-state index in [1.807, 2.05) is 24.3 Å². The van der Waals surface area contributed by atoms with Crippen molar-refractivity contribution < 1.29 is 0 Å². The van der Waals surface area contributed by atoms with E-state index in [2.05, 4.69) is 50.1 Å². The fraction of sp³-hybridized carbons (Fsp3) is 0.200. The smallest absolute Gasteiger partial charge is 0.0439 e. The Labute approximate surface area is 140 Å². The average Bonchev–Trinajstić information content (AvgIpc) is 2.39. The number of hydrogen-bond donors (Lipinski definition) is 0. The highest BCUT2D eigenvalue weighted by atomic mass is 79.9. The molecular formula is C15H12Br2Cl2. The molecule has 2 rings (SSSR count). The molecule has 0 aliphatic carbocycles. The van der Waals surface area contributed by atoms with Crippen molar-refractivity contribution in [1.82, 2.24) is 0 Å². The predicted molar refractivity (Wildman–Crippen MR) is 90.8 cm³/mol. The van der Waals surface area contributed by atoms with Gasteiger partial charge in [0.25, 0.3) is 0 Å². The molecule has 0 fully saturated rings. The average molecular weight is 423 g/mol. The molecule has 2 aromatic carbocycles. The summed E-state index contributed by atoms with van der Waals surface area (Å²) in [6.07, 6.45) is 0.862. The molecule has 0 saturated heterocycles. The molecule has 1 atom stereocenters. The molecule has 0 nitrogen and oxygen atoms in total. The van der Waals surface area contributed by atoms with Gasteiger partial charge in [-0.25, -0.2) is 0 Å². The molecule has 0 N–H and O–H groups in total. The molecule has 19 heavy (non-hydrogen) atoms. The Bertz CT molecular complexity index is 570. The zero-order valence-corrected chi connectivity index (χ0v) is 14.7. The molecule has 0 saturated carbocycles. The summed E-state index contributed by atoms with van der Waals surface area (Å²) < 4.78 is 1.09. The van der Waals surface area contributed by atoms with Gasteiger partial charge in [-0.05, 0) is 53.8 Å². The summed E-state index contributed by atoms with van der Waals surface area (Å²) in [6.45, 7) is 0. The van der Waals surface area contributed by atoms with Crippen LogP contribution in [-0.2, 0) is 6.42 Å². The van der Waals surface area contributed by atoms with E-state index in [0.717, 1.165) is 31.8 Å². The Morgan fingerprint density at radius 2 is 1.84 bits per heavy atom. The molecule has 0 heterocycles. The third-order valence-electron chi connectivity index (χ3n) is 2.98. The first kappa shape index (κ1) is 15.4. The summed E-state index contributed by atoms with van der Waals surface area (Å²) in [4.78, 5) is 0. The summed E-state index contributed by atoms with van der Waals surface area (Å²) in [5.74, 6) is 0.369. The van der Waals surface area contributed by atoms with E-state index in [0.29, 0.717) is 5.92 Å². The summed E-state index contributed by atoms with van der Waals surface area (Å²) in [6, 6.07) is 14.0. The fourth-order valence-electron chi connectivity index (χ4n) is 1.99. The van der Waals surface area contributed by atoms with Crippen molar-refractivity contribution in [2.75, 3.05) is 5.33 Å². The minimum atomic E-state index is 0.369. The molecule has 0 aliphatic rings. The van der Waals surface area contributed by atoms with E-state index >= 15 is 0 Å². The van der Waals surface area contributed by atoms with Gasteiger partial charge in [0.2, 0.25) is 0 Å². The summed E-state index contributed by atoms with van der Waals surface area (Å²) in [5, 5.41) is 2.37. The highest BCUT2D eigenvalue weighted by Crippen LogP contribution is 2.29. The van der Waals surface area contributed by atoms with Gasteiger partial charge in [0.15, 0.2) is 0 Å². The second-order valence-corrected chi connectivity index (χ2v) is 6.75. The van der Waals surface area contributed by atoms with Gasteiger partial charge in [0, 0.05) is 19.8 Å². The second-order valence-electron chi connectivity index (χ2n) is 4.35. The van der Waals surface area contributed by atoms with Crippen LogP contribution < -0.4 is 0 Å². The lowest BCUT2D eigenvalue weighted by Crippen LogP contribution is -2.05. The van der Waals surface area contributed by atoms with Crippen LogP contribution in [0.2, 0.25) is 10.0 Å². The first-order valence-electron chi connectivity index (χ1n) is 5.85. The van der Waals surface area contributed by atoms with E-state index < -0.39 is 0 Å². The number of hydrogen-bond acceptors (Lipinski definition) is 0. The zero-order valence-electron chi connectivity index (χ0n) is 10.0. The van der Waals surface area contributed by atoms with Gasteiger partial charge in [-0.1, -0.05) is 67.2 Å². The van der Waals surface area contributed by atoms with Crippen LogP contribution in [0.4, 0.5) is 0 Å². The Balaban J connectivity index is 2.26. The minimum Gasteiger partial charge on any atom is -0.0921 e. The van der Waals surface area contributed by atoms with Gasteiger partial charge in [-0.2, -0.15) is 0 Å². The van der Waals surface area contributed by atoms with Gasteiger partial charge in [-0.15, -0.1) is 0 Å². The second kappa shape index (κ2) is 7.12. The minimum absolute atomic E-state index is 0.369. The van der Waals surface area contributed by atoms with Gasteiger partial charge in [-0.3, -0.25) is 0 Å². The van der Waals surface area contributed by atoms with Crippen LogP contribution >= 0.6 is 55.1 Å². The molecule has 0 bridgehead atoms. The van der Waals surface area contributed by atoms with Gasteiger partial charge in [0.1, 0.15) is 0 Å². The van der Waals surface area contributed by atoms with Crippen molar-refractivity contribution in [3.8, 4) is 0 Å². The maximum atomic E-state index is 6.23. The number of halogens is 4. The van der Waals surface area contributed by atoms with E-state index in [1.54, 1.807) is 0 Å². The van der Waals surface area contributed by atoms with Crippen LogP contribution in [-0.4, -0.2) is 5.33 Å². The van der Waals surface area contributed by atoms with Crippen LogP contribution in [0.3, 0.4) is 0 Å². The van der Waals surface area contributed by atoms with Gasteiger partial charge < -0.3 is 0 Å². The van der Waals surface area contributed by atoms with Crippen molar-refractivity contribution in [3.05, 3.63) is 68.1 Å². The van der Waals surface area contributed by atoms with E-state index in [4.69, 9.17) is 23.2 Å². The number of alkyl halides is 1. The Morgan fingerprint density at radius 1 is 1.05 bits per heavy atom. The van der Waals surface area contributed by atoms with Crippen LogP contribution in [0.25, 0.3) is 0 Å². The molecule has 4 heteroatoms. The third-order valence-corrected chi connectivity index (χ3v) is 4.86. The molecule has 100 valence electrons. The van der Waals surface area contributed by atoms with Gasteiger partial charge in [0.05, 0.1) is 0 Å². The monoisotopic (exact) mass is 420 g/mol. The van der Waals surface area contributed by atoms with Crippen molar-refractivity contribution in [2.45, 2.75) is 12.3 Å². The normalized spacial score (nSPS) is 12.4. The molecule has 0 radical (unpaired) electrons. The number of benzene rings is 2. The highest BCUT2D eigenvalue weighted by molar-refractivity contribution is 9.10. The fourth-order valence-corrected chi connectivity index (χ4v) is 3.40. The summed E-state index contributed by atoms with van der Waals surface area (Å²) in [7, 11) is 0. The van der Waals surface area contributed by atoms with Gasteiger partial charge >= 0.3 is 0 Å². The summed E-state index contributed by atoms with van der Waals surface area (Å²) >= 11 is 19.4. The van der Waals surface area contributed by atoms with Crippen LogP contribution in [0.1, 0.15) is 17.0 Å². The molecule has 2 aromatic rings. The third kappa shape index (κ3) is 4.22. The van der Waals surface area contributed by atoms with Crippen LogP contribution in [0, 0.1) is 0 Å². The zero-order chi connectivity index (χ0) is 13.8. The molecule has 0 aliphatic heterocycles. The Morgan fingerprint density at radius 3 is 2.53 bits per heavy atom. The van der Waals surface area contributed by atoms with Crippen molar-refractivity contribution in [1.29, 1.82) is 0 Å². The highest BCUT2D eigenvalue weighted by Gasteiger charge is 2.13. The topological polar surface area (TPSA) is 0 Å². The predicted octanol–water partition coefficient (Wildman–Crippen LogP) is 6.48. The van der Waals surface area contributed by atoms with Crippen LogP contribution in [0.15, 0.2) is 46.9 Å². The molecular weight excluding hydrogens is 411 g/mol. The van der Waals surface area contributed by atoms with E-state index in [-0.39, 0.29) is 0 Å². The SMILES string of the molecule is Clc1ccc(Cl)c(CC(CBr)c2cccc(Br)c2)c1. The number of rotatable bonds is 4. The van der Waals surface area contributed by atoms with Crippen molar-refractivity contribution in [3.63, 3.8) is 0 Å². The largest absolute Gasteiger partial charge is 0.0921 e. The first-order valence-corrected chi connectivity index (χ1v) is 8.52. The molecule has 0 aromatic heterocycles. The molecule has 0 spiro atoms. The lowest BCUT2D eigenvalue weighted by molar-refractivity contribution is 0.775. The standard InChI is InChI=1S/C15H12Br2Cl2/c16-9-12(10-2-1-3-13(17)7-10)6-11-8-14(18)4-5-15(11)19/h1-5,7-8,12H,6,9H2. The van der Waals surface area contributed by atoms with Crippen molar-refractivity contribution >= 4 is 55.1 Å². The summed E-state index contributed by atoms with van der Waals surface area (Å²) in [5.41, 5.74) is 2.36. The molecule has 0 amide bonds. The van der Waals surface area contributed by atoms with E-state index in [1.165, 1.54) is 5.56 Å². The maximum Gasteiger partial charge on any atom is 0.0439 e. The van der Waals surface area contributed by atoms with E-state index in [9.17, 15) is 0 Å². The van der Waals surface area contributed by atoms with Crippen molar-refractivity contribution in [2.24, 2.45) is 0 Å². The maximum absolute atomic E-state index is 6.23. The van der Waals surface area contributed by atoms with Crippen LogP contribution in [0.5, 0.6) is 0 Å². The quantitative estimate of drug-likeness (QED) is 0.495. The Kier molecular flexibility index (Phi) is 5.76. The first-order chi connectivity index (χ1) is 9.10. The lowest BCUT2D eigenvalue weighted by Gasteiger charge is -2.16. The molecule has 1 unspecified atom stereocenters.